The van der Waals surface area contributed by atoms with E-state index < -0.39 is 0 Å². The minimum Gasteiger partial charge on any atom is -0.378 e. The van der Waals surface area contributed by atoms with Gasteiger partial charge in [-0.3, -0.25) is 0 Å². The fourth-order valence-electron chi connectivity index (χ4n) is 1.68. The molecule has 2 rings (SSSR count). The molecule has 0 fully saturated rings. The first-order chi connectivity index (χ1) is 8.78. The smallest absolute Gasteiger partial charge is 0.193 e. The summed E-state index contributed by atoms with van der Waals surface area (Å²) in [5, 5.41) is 15.1. The molecule has 0 aliphatic rings. The minimum absolute atomic E-state index is 0.576. The van der Waals surface area contributed by atoms with Gasteiger partial charge in [-0.15, -0.1) is 21.8 Å². The largest absolute Gasteiger partial charge is 0.378 e. The highest BCUT2D eigenvalue weighted by Crippen LogP contribution is 2.13. The molecule has 2 aromatic rings. The summed E-state index contributed by atoms with van der Waals surface area (Å²) >= 11 is 5.69. The van der Waals surface area contributed by atoms with Crippen molar-refractivity contribution in [2.75, 3.05) is 11.2 Å². The van der Waals surface area contributed by atoms with Crippen molar-refractivity contribution in [2.24, 2.45) is 7.05 Å². The molecule has 1 aromatic carbocycles. The van der Waals surface area contributed by atoms with E-state index in [0.717, 1.165) is 18.5 Å². The molecule has 0 saturated carbocycles. The molecule has 0 saturated heterocycles. The summed E-state index contributed by atoms with van der Waals surface area (Å²) < 4.78 is 0. The average Bonchev–Trinajstić information content (AvgIpc) is 2.80. The standard InChI is InChI=1S/C12H16ClN5/c1-18-16-12(15-17-18)9-14-11-6-2-4-10(8-11)5-3-7-13/h2,4,6,8,14H,3,5,7,9H2,1H3. The van der Waals surface area contributed by atoms with Crippen LogP contribution < -0.4 is 5.32 Å². The number of hydrogen-bond acceptors (Lipinski definition) is 4. The summed E-state index contributed by atoms with van der Waals surface area (Å²) in [5.74, 6) is 1.38. The molecule has 1 N–H and O–H groups in total. The Bertz CT molecular complexity index is 497. The van der Waals surface area contributed by atoms with Gasteiger partial charge in [0.1, 0.15) is 0 Å². The Morgan fingerprint density at radius 1 is 1.39 bits per heavy atom. The van der Waals surface area contributed by atoms with Crippen LogP contribution in [0, 0.1) is 0 Å². The lowest BCUT2D eigenvalue weighted by Crippen LogP contribution is -2.02. The van der Waals surface area contributed by atoms with Crippen LogP contribution in [0.5, 0.6) is 0 Å². The Kier molecular flexibility index (Phi) is 4.52. The van der Waals surface area contributed by atoms with Crippen LogP contribution in [0.15, 0.2) is 24.3 Å². The molecule has 0 aliphatic carbocycles. The molecule has 0 radical (unpaired) electrons. The van der Waals surface area contributed by atoms with Crippen LogP contribution in [-0.4, -0.2) is 26.1 Å². The van der Waals surface area contributed by atoms with Gasteiger partial charge in [-0.25, -0.2) is 0 Å². The van der Waals surface area contributed by atoms with Crippen molar-refractivity contribution < 1.29 is 0 Å². The molecule has 18 heavy (non-hydrogen) atoms. The van der Waals surface area contributed by atoms with E-state index in [1.165, 1.54) is 10.4 Å². The van der Waals surface area contributed by atoms with E-state index in [4.69, 9.17) is 11.6 Å². The van der Waals surface area contributed by atoms with E-state index in [1.54, 1.807) is 7.05 Å². The maximum Gasteiger partial charge on any atom is 0.193 e. The van der Waals surface area contributed by atoms with Crippen LogP contribution in [0.25, 0.3) is 0 Å². The van der Waals surface area contributed by atoms with Crippen molar-refractivity contribution in [1.82, 2.24) is 20.2 Å². The van der Waals surface area contributed by atoms with Crippen molar-refractivity contribution >= 4 is 17.3 Å². The molecule has 0 spiro atoms. The third-order valence-corrected chi connectivity index (χ3v) is 2.79. The van der Waals surface area contributed by atoms with Crippen LogP contribution in [0.3, 0.4) is 0 Å². The first kappa shape index (κ1) is 12.8. The predicted molar refractivity (Wildman–Crippen MR) is 71.6 cm³/mol. The first-order valence-electron chi connectivity index (χ1n) is 5.89. The van der Waals surface area contributed by atoms with Crippen LogP contribution in [-0.2, 0) is 20.0 Å². The van der Waals surface area contributed by atoms with Gasteiger partial charge in [0.05, 0.1) is 13.6 Å². The van der Waals surface area contributed by atoms with Gasteiger partial charge in [0, 0.05) is 11.6 Å². The highest BCUT2D eigenvalue weighted by molar-refractivity contribution is 6.17. The minimum atomic E-state index is 0.576. The summed E-state index contributed by atoms with van der Waals surface area (Å²) in [4.78, 5) is 1.45. The number of anilines is 1. The fourth-order valence-corrected chi connectivity index (χ4v) is 1.82. The van der Waals surface area contributed by atoms with Crippen molar-refractivity contribution in [3.63, 3.8) is 0 Å². The number of rotatable bonds is 6. The SMILES string of the molecule is Cn1nnc(CNc2cccc(CCCCl)c2)n1. The van der Waals surface area contributed by atoms with Crippen molar-refractivity contribution in [1.29, 1.82) is 0 Å². The summed E-state index contributed by atoms with van der Waals surface area (Å²) in [7, 11) is 1.75. The zero-order chi connectivity index (χ0) is 12.8. The van der Waals surface area contributed by atoms with Crippen LogP contribution in [0.2, 0.25) is 0 Å². The van der Waals surface area contributed by atoms with E-state index in [-0.39, 0.29) is 0 Å². The molecule has 0 atom stereocenters. The van der Waals surface area contributed by atoms with Crippen LogP contribution in [0.4, 0.5) is 5.69 Å². The summed E-state index contributed by atoms with van der Waals surface area (Å²) in [6.07, 6.45) is 2.00. The van der Waals surface area contributed by atoms with E-state index >= 15 is 0 Å². The van der Waals surface area contributed by atoms with Crippen molar-refractivity contribution in [3.05, 3.63) is 35.7 Å². The van der Waals surface area contributed by atoms with Gasteiger partial charge in [0.15, 0.2) is 5.82 Å². The maximum absolute atomic E-state index is 5.69. The summed E-state index contributed by atoms with van der Waals surface area (Å²) in [5.41, 5.74) is 2.35. The highest BCUT2D eigenvalue weighted by atomic mass is 35.5. The number of aryl methyl sites for hydroxylation is 2. The monoisotopic (exact) mass is 265 g/mol. The third kappa shape index (κ3) is 3.70. The van der Waals surface area contributed by atoms with Gasteiger partial charge < -0.3 is 5.32 Å². The van der Waals surface area contributed by atoms with Gasteiger partial charge in [0.2, 0.25) is 0 Å². The van der Waals surface area contributed by atoms with Gasteiger partial charge in [0.25, 0.3) is 0 Å². The maximum atomic E-state index is 5.69. The number of alkyl halides is 1. The number of benzene rings is 1. The van der Waals surface area contributed by atoms with Gasteiger partial charge in [-0.1, -0.05) is 12.1 Å². The molecule has 6 heteroatoms. The van der Waals surface area contributed by atoms with E-state index in [9.17, 15) is 0 Å². The molecule has 0 amide bonds. The topological polar surface area (TPSA) is 55.6 Å². The van der Waals surface area contributed by atoms with Gasteiger partial charge in [-0.2, -0.15) is 4.80 Å². The zero-order valence-electron chi connectivity index (χ0n) is 10.3. The molecule has 96 valence electrons. The van der Waals surface area contributed by atoms with E-state index in [2.05, 4.69) is 32.9 Å². The summed E-state index contributed by atoms with van der Waals surface area (Å²) in [6, 6.07) is 8.30. The van der Waals surface area contributed by atoms with Crippen LogP contribution in [0.1, 0.15) is 17.8 Å². The second kappa shape index (κ2) is 6.35. The third-order valence-electron chi connectivity index (χ3n) is 2.53. The van der Waals surface area contributed by atoms with Crippen LogP contribution >= 0.6 is 11.6 Å². The number of nitrogens with zero attached hydrogens (tertiary/aromatic N) is 4. The normalized spacial score (nSPS) is 10.6. The van der Waals surface area contributed by atoms with E-state index in [1.807, 2.05) is 12.1 Å². The Hall–Kier alpha value is -1.62. The molecule has 0 bridgehead atoms. The highest BCUT2D eigenvalue weighted by Gasteiger charge is 2.00. The molecular formula is C12H16ClN5. The second-order valence-electron chi connectivity index (χ2n) is 4.04. The second-order valence-corrected chi connectivity index (χ2v) is 4.42. The molecule has 0 unspecified atom stereocenters. The van der Waals surface area contributed by atoms with E-state index in [0.29, 0.717) is 18.2 Å². The molecule has 0 aliphatic heterocycles. The number of hydrogen-bond donors (Lipinski definition) is 1. The summed E-state index contributed by atoms with van der Waals surface area (Å²) in [6.45, 7) is 0.576. The van der Waals surface area contributed by atoms with Gasteiger partial charge in [-0.05, 0) is 35.8 Å². The fraction of sp³-hybridized carbons (Fsp3) is 0.417. The lowest BCUT2D eigenvalue weighted by atomic mass is 10.1. The molecule has 5 nitrogen and oxygen atoms in total. The lowest BCUT2D eigenvalue weighted by Gasteiger charge is -2.06. The number of aromatic nitrogens is 4. The number of tetrazole rings is 1. The first-order valence-corrected chi connectivity index (χ1v) is 6.43. The lowest BCUT2D eigenvalue weighted by molar-refractivity contribution is 0.628. The molecule has 1 aromatic heterocycles. The van der Waals surface area contributed by atoms with Gasteiger partial charge >= 0.3 is 0 Å². The average molecular weight is 266 g/mol. The Labute approximate surface area is 111 Å². The zero-order valence-corrected chi connectivity index (χ0v) is 11.1. The molecular weight excluding hydrogens is 250 g/mol. The Balaban J connectivity index is 1.92. The number of halogens is 1. The Morgan fingerprint density at radius 3 is 3.00 bits per heavy atom. The quantitative estimate of drug-likeness (QED) is 0.812. The van der Waals surface area contributed by atoms with Crippen molar-refractivity contribution in [3.8, 4) is 0 Å². The predicted octanol–water partition coefficient (Wildman–Crippen LogP) is 1.99. The molecule has 1 heterocycles. The Morgan fingerprint density at radius 2 is 2.28 bits per heavy atom. The van der Waals surface area contributed by atoms with Crippen molar-refractivity contribution in [2.45, 2.75) is 19.4 Å². The number of nitrogens with one attached hydrogen (secondary N) is 1.